The number of carboxylic acid groups (broad SMARTS) is 2. The molecule has 1 heterocycles. The van der Waals surface area contributed by atoms with Gasteiger partial charge in [0.1, 0.15) is 5.82 Å². The van der Waals surface area contributed by atoms with E-state index in [9.17, 15) is 5.11 Å². The molecule has 0 radical (unpaired) electrons. The Morgan fingerprint density at radius 2 is 1.59 bits per heavy atom. The Morgan fingerprint density at radius 1 is 1.00 bits per heavy atom. The van der Waals surface area contributed by atoms with Crippen LogP contribution >= 0.6 is 0 Å². The van der Waals surface area contributed by atoms with Crippen LogP contribution in [0.1, 0.15) is 11.7 Å². The highest BCUT2D eigenvalue weighted by molar-refractivity contribution is 6.27. The minimum absolute atomic E-state index is 0.459. The number of aliphatic carboxylic acids is 2. The summed E-state index contributed by atoms with van der Waals surface area (Å²) in [5.74, 6) is -2.87. The number of anilines is 1. The topological polar surface area (TPSA) is 120 Å². The summed E-state index contributed by atoms with van der Waals surface area (Å²) in [7, 11) is 0. The third kappa shape index (κ3) is 6.49. The molecule has 2 rings (SSSR count). The maximum Gasteiger partial charge on any atom is 0.414 e. The minimum atomic E-state index is -1.82. The molecular weight excluding hydrogens is 288 g/mol. The lowest BCUT2D eigenvalue weighted by Crippen LogP contribution is -2.12. The summed E-state index contributed by atoms with van der Waals surface area (Å²) in [6, 6.07) is 15.2. The second-order valence-electron chi connectivity index (χ2n) is 4.13. The fourth-order valence-electron chi connectivity index (χ4n) is 1.46. The number of aliphatic hydroxyl groups is 1. The number of pyridine rings is 1. The molecule has 1 aromatic carbocycles. The van der Waals surface area contributed by atoms with Crippen molar-refractivity contribution in [3.05, 3.63) is 60.3 Å². The quantitative estimate of drug-likeness (QED) is 0.630. The maximum atomic E-state index is 9.89. The van der Waals surface area contributed by atoms with E-state index in [0.717, 1.165) is 11.4 Å². The molecule has 1 atom stereocenters. The first-order valence-electron chi connectivity index (χ1n) is 6.35. The van der Waals surface area contributed by atoms with Crippen LogP contribution in [0, 0.1) is 0 Å². The van der Waals surface area contributed by atoms with Crippen molar-refractivity contribution < 1.29 is 24.9 Å². The van der Waals surface area contributed by atoms with E-state index in [1.165, 1.54) is 0 Å². The van der Waals surface area contributed by atoms with Crippen LogP contribution in [0.4, 0.5) is 5.82 Å². The zero-order chi connectivity index (χ0) is 16.4. The van der Waals surface area contributed by atoms with Crippen LogP contribution in [0.15, 0.2) is 54.7 Å². The average molecular weight is 304 g/mol. The van der Waals surface area contributed by atoms with Gasteiger partial charge >= 0.3 is 11.9 Å². The molecule has 0 aliphatic heterocycles. The van der Waals surface area contributed by atoms with E-state index in [1.807, 2.05) is 48.5 Å². The summed E-state index contributed by atoms with van der Waals surface area (Å²) in [6.45, 7) is 0.459. The third-order valence-electron chi connectivity index (χ3n) is 2.51. The molecule has 116 valence electrons. The highest BCUT2D eigenvalue weighted by Gasteiger charge is 2.06. The van der Waals surface area contributed by atoms with E-state index in [4.69, 9.17) is 19.8 Å². The highest BCUT2D eigenvalue weighted by Crippen LogP contribution is 2.12. The van der Waals surface area contributed by atoms with Crippen molar-refractivity contribution >= 4 is 17.8 Å². The first kappa shape index (κ1) is 17.1. The first-order valence-corrected chi connectivity index (χ1v) is 6.35. The van der Waals surface area contributed by atoms with Gasteiger partial charge in [-0.3, -0.25) is 0 Å². The molecule has 0 saturated carbocycles. The molecule has 2 aromatic rings. The lowest BCUT2D eigenvalue weighted by atomic mass is 10.1. The normalized spacial score (nSPS) is 10.8. The third-order valence-corrected chi connectivity index (χ3v) is 2.51. The predicted octanol–water partition coefficient (Wildman–Crippen LogP) is 1.38. The van der Waals surface area contributed by atoms with Crippen LogP contribution in [0.5, 0.6) is 0 Å². The van der Waals surface area contributed by atoms with E-state index in [-0.39, 0.29) is 0 Å². The number of carboxylic acids is 2. The van der Waals surface area contributed by atoms with Crippen molar-refractivity contribution in [2.45, 2.75) is 6.10 Å². The van der Waals surface area contributed by atoms with Gasteiger partial charge in [0.05, 0.1) is 6.10 Å². The molecule has 0 saturated heterocycles. The molecule has 0 amide bonds. The van der Waals surface area contributed by atoms with E-state index < -0.39 is 18.0 Å². The van der Waals surface area contributed by atoms with E-state index >= 15 is 0 Å². The molecule has 0 aliphatic carbocycles. The van der Waals surface area contributed by atoms with Crippen LogP contribution in [-0.4, -0.2) is 38.8 Å². The number of rotatable bonds is 4. The summed E-state index contributed by atoms with van der Waals surface area (Å²) in [5.41, 5.74) is 0.908. The average Bonchev–Trinajstić information content (AvgIpc) is 2.55. The largest absolute Gasteiger partial charge is 0.473 e. The molecule has 0 fully saturated rings. The molecule has 0 bridgehead atoms. The van der Waals surface area contributed by atoms with Crippen molar-refractivity contribution in [1.29, 1.82) is 0 Å². The first-order chi connectivity index (χ1) is 10.5. The smallest absolute Gasteiger partial charge is 0.414 e. The number of carbonyl (C=O) groups is 2. The fourth-order valence-corrected chi connectivity index (χ4v) is 1.46. The van der Waals surface area contributed by atoms with Crippen LogP contribution < -0.4 is 5.32 Å². The summed E-state index contributed by atoms with van der Waals surface area (Å²) in [6.07, 6.45) is 1.21. The van der Waals surface area contributed by atoms with Crippen molar-refractivity contribution in [3.63, 3.8) is 0 Å². The number of aromatic nitrogens is 1. The zero-order valence-electron chi connectivity index (χ0n) is 11.6. The zero-order valence-corrected chi connectivity index (χ0v) is 11.6. The molecule has 0 unspecified atom stereocenters. The second kappa shape index (κ2) is 9.09. The van der Waals surface area contributed by atoms with E-state index in [2.05, 4.69) is 10.3 Å². The van der Waals surface area contributed by atoms with Crippen LogP contribution in [0.3, 0.4) is 0 Å². The molecule has 1 aromatic heterocycles. The second-order valence-corrected chi connectivity index (χ2v) is 4.13. The lowest BCUT2D eigenvalue weighted by molar-refractivity contribution is -0.159. The summed E-state index contributed by atoms with van der Waals surface area (Å²) in [4.78, 5) is 22.3. The Labute approximate surface area is 126 Å². The van der Waals surface area contributed by atoms with Crippen molar-refractivity contribution in [3.8, 4) is 0 Å². The molecular formula is C15H16N2O5. The maximum absolute atomic E-state index is 9.89. The Bertz CT molecular complexity index is 577. The Kier molecular flexibility index (Phi) is 7.07. The van der Waals surface area contributed by atoms with Crippen molar-refractivity contribution in [2.24, 2.45) is 0 Å². The summed E-state index contributed by atoms with van der Waals surface area (Å²) >= 11 is 0. The van der Waals surface area contributed by atoms with Gasteiger partial charge in [0.15, 0.2) is 0 Å². The Balaban J connectivity index is 0.000000346. The molecule has 7 heteroatoms. The number of nitrogens with zero attached hydrogens (tertiary/aromatic N) is 1. The molecule has 7 nitrogen and oxygen atoms in total. The standard InChI is InChI=1S/C13H14N2O.C2H2O4/c16-12(11-6-2-1-3-7-11)10-15-13-8-4-5-9-14-13;3-1(4)2(5)6/h1-9,12,16H,10H2,(H,14,15);(H,3,4)(H,5,6)/t12-;/m1./s1. The van der Waals surface area contributed by atoms with Gasteiger partial charge < -0.3 is 20.6 Å². The van der Waals surface area contributed by atoms with Gasteiger partial charge in [-0.1, -0.05) is 36.4 Å². The molecule has 0 spiro atoms. The van der Waals surface area contributed by atoms with Gasteiger partial charge in [0, 0.05) is 12.7 Å². The molecule has 22 heavy (non-hydrogen) atoms. The van der Waals surface area contributed by atoms with Crippen LogP contribution in [0.2, 0.25) is 0 Å². The van der Waals surface area contributed by atoms with Gasteiger partial charge in [0.2, 0.25) is 0 Å². The van der Waals surface area contributed by atoms with Crippen LogP contribution in [-0.2, 0) is 9.59 Å². The van der Waals surface area contributed by atoms with Gasteiger partial charge in [0.25, 0.3) is 0 Å². The van der Waals surface area contributed by atoms with Gasteiger partial charge in [-0.25, -0.2) is 14.6 Å². The number of hydrogen-bond acceptors (Lipinski definition) is 5. The SMILES string of the molecule is O=C(O)C(=O)O.O[C@H](CNc1ccccn1)c1ccccc1. The number of hydrogen-bond donors (Lipinski definition) is 4. The Morgan fingerprint density at radius 3 is 2.09 bits per heavy atom. The fraction of sp³-hybridized carbons (Fsp3) is 0.133. The van der Waals surface area contributed by atoms with E-state index in [0.29, 0.717) is 6.54 Å². The number of nitrogens with one attached hydrogen (secondary N) is 1. The highest BCUT2D eigenvalue weighted by atomic mass is 16.4. The number of benzene rings is 1. The monoisotopic (exact) mass is 304 g/mol. The lowest BCUT2D eigenvalue weighted by Gasteiger charge is -2.12. The van der Waals surface area contributed by atoms with Gasteiger partial charge in [-0.2, -0.15) is 0 Å². The van der Waals surface area contributed by atoms with Gasteiger partial charge in [-0.05, 0) is 17.7 Å². The molecule has 0 aliphatic rings. The number of aliphatic hydroxyl groups excluding tert-OH is 1. The van der Waals surface area contributed by atoms with Crippen LogP contribution in [0.25, 0.3) is 0 Å². The summed E-state index contributed by atoms with van der Waals surface area (Å²) in [5, 5.41) is 27.8. The Hall–Kier alpha value is -2.93. The molecule has 4 N–H and O–H groups in total. The van der Waals surface area contributed by atoms with Crippen molar-refractivity contribution in [1.82, 2.24) is 4.98 Å². The predicted molar refractivity (Wildman–Crippen MR) is 79.4 cm³/mol. The van der Waals surface area contributed by atoms with Crippen molar-refractivity contribution in [2.75, 3.05) is 11.9 Å². The van der Waals surface area contributed by atoms with E-state index in [1.54, 1.807) is 6.20 Å². The minimum Gasteiger partial charge on any atom is -0.473 e. The summed E-state index contributed by atoms with van der Waals surface area (Å²) < 4.78 is 0. The van der Waals surface area contributed by atoms with Gasteiger partial charge in [-0.15, -0.1) is 0 Å².